The van der Waals surface area contributed by atoms with Crippen molar-refractivity contribution in [1.82, 2.24) is 0 Å². The number of hydrogen-bond acceptors (Lipinski definition) is 1. The third-order valence-electron chi connectivity index (χ3n) is 3.47. The lowest BCUT2D eigenvalue weighted by Gasteiger charge is -2.24. The first kappa shape index (κ1) is 11.3. The molecule has 1 aliphatic rings. The second-order valence-corrected chi connectivity index (χ2v) is 4.56. The van der Waals surface area contributed by atoms with Crippen LogP contribution in [-0.4, -0.2) is 7.11 Å². The van der Waals surface area contributed by atoms with Crippen LogP contribution < -0.4 is 4.74 Å². The van der Waals surface area contributed by atoms with E-state index in [1.54, 1.807) is 7.11 Å². The summed E-state index contributed by atoms with van der Waals surface area (Å²) in [5.74, 6) is 1.66. The topological polar surface area (TPSA) is 9.23 Å². The fraction of sp³-hybridized carbons (Fsp3) is 0.467. The summed E-state index contributed by atoms with van der Waals surface area (Å²) in [6, 6.07) is 6.47. The van der Waals surface area contributed by atoms with Gasteiger partial charge in [-0.25, -0.2) is 0 Å². The van der Waals surface area contributed by atoms with E-state index in [1.165, 1.54) is 36.0 Å². The van der Waals surface area contributed by atoms with Gasteiger partial charge in [-0.1, -0.05) is 25.5 Å². The fourth-order valence-corrected chi connectivity index (χ4v) is 2.54. The first-order chi connectivity index (χ1) is 7.76. The Bertz CT molecular complexity index is 404. The lowest BCUT2D eigenvalue weighted by Crippen LogP contribution is -2.06. The van der Waals surface area contributed by atoms with Gasteiger partial charge in [0.25, 0.3) is 0 Å². The van der Waals surface area contributed by atoms with Crippen LogP contribution in [-0.2, 0) is 0 Å². The van der Waals surface area contributed by atoms with Crippen molar-refractivity contribution in [2.24, 2.45) is 0 Å². The van der Waals surface area contributed by atoms with Gasteiger partial charge in [0.1, 0.15) is 5.75 Å². The molecule has 1 aliphatic carbocycles. The van der Waals surface area contributed by atoms with Gasteiger partial charge in [-0.2, -0.15) is 0 Å². The molecule has 1 aromatic rings. The van der Waals surface area contributed by atoms with Crippen LogP contribution in [0.25, 0.3) is 5.57 Å². The van der Waals surface area contributed by atoms with Gasteiger partial charge < -0.3 is 4.74 Å². The van der Waals surface area contributed by atoms with Crippen LogP contribution in [0.4, 0.5) is 0 Å². The minimum atomic E-state index is 0.679. The van der Waals surface area contributed by atoms with Crippen molar-refractivity contribution in [3.8, 4) is 5.75 Å². The van der Waals surface area contributed by atoms with Crippen molar-refractivity contribution in [2.75, 3.05) is 7.11 Å². The van der Waals surface area contributed by atoms with Gasteiger partial charge in [0, 0.05) is 0 Å². The molecule has 0 heterocycles. The minimum Gasteiger partial charge on any atom is -0.497 e. The molecule has 16 heavy (non-hydrogen) atoms. The molecule has 1 unspecified atom stereocenters. The number of fused-ring (bicyclic) bond motifs is 1. The van der Waals surface area contributed by atoms with E-state index in [2.05, 4.69) is 38.1 Å². The number of allylic oxidation sites excluding steroid dienone is 2. The fourth-order valence-electron chi connectivity index (χ4n) is 2.54. The van der Waals surface area contributed by atoms with Gasteiger partial charge in [-0.3, -0.25) is 0 Å². The zero-order valence-electron chi connectivity index (χ0n) is 10.4. The molecule has 0 amide bonds. The van der Waals surface area contributed by atoms with Crippen LogP contribution in [0.15, 0.2) is 24.3 Å². The molecule has 0 N–H and O–H groups in total. The molecule has 1 heteroatoms. The smallest absolute Gasteiger partial charge is 0.119 e. The highest BCUT2D eigenvalue weighted by Gasteiger charge is 2.19. The Labute approximate surface area is 98.1 Å². The summed E-state index contributed by atoms with van der Waals surface area (Å²) >= 11 is 0. The molecular weight excluding hydrogens is 196 g/mol. The maximum atomic E-state index is 5.32. The van der Waals surface area contributed by atoms with E-state index in [-0.39, 0.29) is 0 Å². The molecule has 2 rings (SSSR count). The Hall–Kier alpha value is -1.24. The van der Waals surface area contributed by atoms with Crippen LogP contribution in [0.2, 0.25) is 0 Å². The molecule has 0 spiro atoms. The maximum Gasteiger partial charge on any atom is 0.119 e. The molecule has 0 aliphatic heterocycles. The molecular formula is C15H20O. The highest BCUT2D eigenvalue weighted by Crippen LogP contribution is 2.38. The monoisotopic (exact) mass is 216 g/mol. The van der Waals surface area contributed by atoms with Crippen molar-refractivity contribution in [3.05, 3.63) is 35.4 Å². The molecule has 0 saturated heterocycles. The van der Waals surface area contributed by atoms with Crippen molar-refractivity contribution in [2.45, 2.75) is 39.0 Å². The number of benzene rings is 1. The van der Waals surface area contributed by atoms with E-state index in [0.717, 1.165) is 5.75 Å². The second kappa shape index (κ2) is 4.73. The largest absolute Gasteiger partial charge is 0.497 e. The van der Waals surface area contributed by atoms with Crippen LogP contribution in [0, 0.1) is 0 Å². The Morgan fingerprint density at radius 2 is 2.19 bits per heavy atom. The lowest BCUT2D eigenvalue weighted by atomic mass is 9.81. The summed E-state index contributed by atoms with van der Waals surface area (Å²) < 4.78 is 5.32. The van der Waals surface area contributed by atoms with Crippen LogP contribution >= 0.6 is 0 Å². The summed E-state index contributed by atoms with van der Waals surface area (Å²) in [5.41, 5.74) is 4.29. The van der Waals surface area contributed by atoms with Crippen molar-refractivity contribution >= 4 is 5.57 Å². The average Bonchev–Trinajstić information content (AvgIpc) is 2.32. The Morgan fingerprint density at radius 1 is 1.38 bits per heavy atom. The maximum absolute atomic E-state index is 5.32. The quantitative estimate of drug-likeness (QED) is 0.728. The van der Waals surface area contributed by atoms with Gasteiger partial charge in [-0.05, 0) is 54.5 Å². The summed E-state index contributed by atoms with van der Waals surface area (Å²) in [7, 11) is 1.74. The number of ether oxygens (including phenoxy) is 1. The van der Waals surface area contributed by atoms with Crippen LogP contribution in [0.3, 0.4) is 0 Å². The zero-order chi connectivity index (χ0) is 11.5. The third-order valence-corrected chi connectivity index (χ3v) is 3.47. The number of hydrogen-bond donors (Lipinski definition) is 0. The standard InChI is InChI=1S/C15H20O/c1-4-5-12-7-6-11(2)14-9-8-13(16-3)10-15(12)14/h6,8-10,12H,4-5,7H2,1-3H3. The van der Waals surface area contributed by atoms with E-state index in [1.807, 2.05) is 0 Å². The van der Waals surface area contributed by atoms with Crippen molar-refractivity contribution in [1.29, 1.82) is 0 Å². The second-order valence-electron chi connectivity index (χ2n) is 4.56. The van der Waals surface area contributed by atoms with Crippen LogP contribution in [0.5, 0.6) is 5.75 Å². The molecule has 1 aromatic carbocycles. The average molecular weight is 216 g/mol. The van der Waals surface area contributed by atoms with Crippen LogP contribution in [0.1, 0.15) is 50.2 Å². The third kappa shape index (κ3) is 1.99. The molecule has 1 atom stereocenters. The van der Waals surface area contributed by atoms with Gasteiger partial charge >= 0.3 is 0 Å². The van der Waals surface area contributed by atoms with Crippen molar-refractivity contribution < 1.29 is 4.74 Å². The summed E-state index contributed by atoms with van der Waals surface area (Å²) in [5, 5.41) is 0. The van der Waals surface area contributed by atoms with E-state index >= 15 is 0 Å². The number of rotatable bonds is 3. The molecule has 0 aromatic heterocycles. The zero-order valence-corrected chi connectivity index (χ0v) is 10.4. The first-order valence-electron chi connectivity index (χ1n) is 6.11. The summed E-state index contributed by atoms with van der Waals surface area (Å²) in [6.07, 6.45) is 6.06. The van der Waals surface area contributed by atoms with Crippen molar-refractivity contribution in [3.63, 3.8) is 0 Å². The molecule has 1 nitrogen and oxygen atoms in total. The lowest BCUT2D eigenvalue weighted by molar-refractivity contribution is 0.413. The molecule has 0 radical (unpaired) electrons. The van der Waals surface area contributed by atoms with E-state index in [9.17, 15) is 0 Å². The molecule has 86 valence electrons. The van der Waals surface area contributed by atoms with Gasteiger partial charge in [-0.15, -0.1) is 0 Å². The van der Waals surface area contributed by atoms with Gasteiger partial charge in [0.05, 0.1) is 7.11 Å². The normalized spacial score (nSPS) is 18.9. The van der Waals surface area contributed by atoms with E-state index < -0.39 is 0 Å². The Morgan fingerprint density at radius 3 is 2.88 bits per heavy atom. The summed E-state index contributed by atoms with van der Waals surface area (Å²) in [4.78, 5) is 0. The highest BCUT2D eigenvalue weighted by atomic mass is 16.5. The number of methoxy groups -OCH3 is 1. The summed E-state index contributed by atoms with van der Waals surface area (Å²) in [6.45, 7) is 4.46. The molecule has 0 bridgehead atoms. The SMILES string of the molecule is CCCC1CC=C(C)c2ccc(OC)cc21. The molecule has 0 saturated carbocycles. The van der Waals surface area contributed by atoms with E-state index in [0.29, 0.717) is 5.92 Å². The van der Waals surface area contributed by atoms with Gasteiger partial charge in [0.15, 0.2) is 0 Å². The highest BCUT2D eigenvalue weighted by molar-refractivity contribution is 5.70. The molecule has 0 fully saturated rings. The van der Waals surface area contributed by atoms with E-state index in [4.69, 9.17) is 4.74 Å². The Kier molecular flexibility index (Phi) is 3.33. The Balaban J connectivity index is 2.42. The first-order valence-corrected chi connectivity index (χ1v) is 6.11. The predicted molar refractivity (Wildman–Crippen MR) is 68.9 cm³/mol. The van der Waals surface area contributed by atoms with Gasteiger partial charge in [0.2, 0.25) is 0 Å². The minimum absolute atomic E-state index is 0.679. The predicted octanol–water partition coefficient (Wildman–Crippen LogP) is 4.39.